The number of alkyl halides is 1. The lowest BCUT2D eigenvalue weighted by Crippen LogP contribution is -2.00. The third-order valence-corrected chi connectivity index (χ3v) is 4.55. The van der Waals surface area contributed by atoms with Gasteiger partial charge in [-0.3, -0.25) is 0 Å². The molecule has 0 atom stereocenters. The van der Waals surface area contributed by atoms with Gasteiger partial charge < -0.3 is 4.74 Å². The van der Waals surface area contributed by atoms with E-state index in [2.05, 4.69) is 20.9 Å². The number of rotatable bonds is 4. The Morgan fingerprint density at radius 1 is 1.14 bits per heavy atom. The second-order valence-electron chi connectivity index (χ2n) is 4.39. The summed E-state index contributed by atoms with van der Waals surface area (Å²) in [7, 11) is 0. The molecule has 0 radical (unpaired) electrons. The monoisotopic (exact) mass is 369 g/mol. The molecule has 0 aliphatic carbocycles. The van der Waals surface area contributed by atoms with Gasteiger partial charge in [-0.05, 0) is 29.8 Å². The van der Waals surface area contributed by atoms with Crippen LogP contribution in [0.5, 0.6) is 5.75 Å². The Balaban J connectivity index is 1.81. The first-order valence-electron chi connectivity index (χ1n) is 6.18. The van der Waals surface area contributed by atoms with Crippen molar-refractivity contribution < 1.29 is 13.5 Å². The highest BCUT2D eigenvalue weighted by Crippen LogP contribution is 2.27. The lowest BCUT2D eigenvalue weighted by molar-refractivity contribution is 0.273. The average Bonchev–Trinajstić information content (AvgIpc) is 2.88. The third-order valence-electron chi connectivity index (χ3n) is 2.89. The summed E-state index contributed by atoms with van der Waals surface area (Å²) in [4.78, 5) is 4.36. The van der Waals surface area contributed by atoms with Crippen LogP contribution in [0.3, 0.4) is 0 Å². The smallest absolute Gasteiger partial charge is 0.191 e. The van der Waals surface area contributed by atoms with Crippen LogP contribution in [0, 0.1) is 11.6 Å². The van der Waals surface area contributed by atoms with Crippen LogP contribution >= 0.6 is 27.3 Å². The van der Waals surface area contributed by atoms with Gasteiger partial charge in [0.2, 0.25) is 0 Å². The number of fused-ring (bicyclic) bond motifs is 1. The summed E-state index contributed by atoms with van der Waals surface area (Å²) >= 11 is 4.61. The van der Waals surface area contributed by atoms with Gasteiger partial charge in [-0.1, -0.05) is 28.1 Å². The molecule has 0 N–H and O–H groups in total. The van der Waals surface area contributed by atoms with E-state index in [0.29, 0.717) is 15.9 Å². The molecule has 0 fully saturated rings. The van der Waals surface area contributed by atoms with Crippen molar-refractivity contribution >= 4 is 37.5 Å². The minimum atomic E-state index is -0.703. The van der Waals surface area contributed by atoms with Gasteiger partial charge in [0.05, 0.1) is 10.2 Å². The van der Waals surface area contributed by atoms with Crippen molar-refractivity contribution in [3.05, 3.63) is 58.6 Å². The van der Waals surface area contributed by atoms with Crippen LogP contribution in [0.15, 0.2) is 36.4 Å². The van der Waals surface area contributed by atoms with Gasteiger partial charge in [-0.25, -0.2) is 13.8 Å². The Morgan fingerprint density at radius 2 is 1.86 bits per heavy atom. The quantitative estimate of drug-likeness (QED) is 0.600. The molecule has 2 nitrogen and oxygen atoms in total. The highest BCUT2D eigenvalue weighted by Gasteiger charge is 2.13. The minimum absolute atomic E-state index is 0.0425. The number of aromatic nitrogens is 1. The third kappa shape index (κ3) is 3.06. The van der Waals surface area contributed by atoms with Crippen LogP contribution in [0.25, 0.3) is 10.2 Å². The fraction of sp³-hybridized carbons (Fsp3) is 0.133. The molecule has 0 saturated heterocycles. The Morgan fingerprint density at radius 3 is 2.52 bits per heavy atom. The van der Waals surface area contributed by atoms with Gasteiger partial charge >= 0.3 is 0 Å². The zero-order valence-corrected chi connectivity index (χ0v) is 13.2. The average molecular weight is 370 g/mol. The molecule has 0 aliphatic rings. The van der Waals surface area contributed by atoms with Gasteiger partial charge in [-0.2, -0.15) is 0 Å². The normalized spacial score (nSPS) is 11.0. The van der Waals surface area contributed by atoms with Crippen molar-refractivity contribution in [2.24, 2.45) is 0 Å². The Hall–Kier alpha value is -1.53. The van der Waals surface area contributed by atoms with E-state index in [4.69, 9.17) is 4.74 Å². The molecule has 1 aromatic heterocycles. The summed E-state index contributed by atoms with van der Waals surface area (Å²) in [5.41, 5.74) is 1.38. The van der Waals surface area contributed by atoms with Gasteiger partial charge in [0.1, 0.15) is 11.6 Å². The van der Waals surface area contributed by atoms with Crippen LogP contribution in [-0.2, 0) is 11.9 Å². The number of benzene rings is 2. The summed E-state index contributed by atoms with van der Waals surface area (Å²) in [6.45, 7) is 0.0425. The zero-order chi connectivity index (χ0) is 14.8. The SMILES string of the molecule is Fc1cc(CBr)cc(F)c1OCc1nc2ccccc2s1. The van der Waals surface area contributed by atoms with E-state index in [1.807, 2.05) is 24.3 Å². The minimum Gasteiger partial charge on any atom is -0.480 e. The van der Waals surface area contributed by atoms with Crippen molar-refractivity contribution in [3.8, 4) is 5.75 Å². The summed E-state index contributed by atoms with van der Waals surface area (Å²) in [6.07, 6.45) is 0. The molecule has 21 heavy (non-hydrogen) atoms. The van der Waals surface area contributed by atoms with E-state index in [9.17, 15) is 8.78 Å². The van der Waals surface area contributed by atoms with E-state index in [1.54, 1.807) is 0 Å². The summed E-state index contributed by atoms with van der Waals surface area (Å²) in [5.74, 6) is -1.77. The fourth-order valence-corrected chi connectivity index (χ4v) is 3.15. The van der Waals surface area contributed by atoms with Crippen LogP contribution in [0.4, 0.5) is 8.78 Å². The molecule has 0 bridgehead atoms. The lowest BCUT2D eigenvalue weighted by atomic mass is 10.2. The standard InChI is InChI=1S/C15H10BrF2NOS/c16-7-9-5-10(17)15(11(18)6-9)20-8-14-19-12-3-1-2-4-13(12)21-14/h1-6H,7-8H2. The molecular formula is C15H10BrF2NOS. The molecule has 0 aliphatic heterocycles. The van der Waals surface area contributed by atoms with Crippen molar-refractivity contribution in [1.82, 2.24) is 4.98 Å². The van der Waals surface area contributed by atoms with Crippen LogP contribution in [0.1, 0.15) is 10.6 Å². The summed E-state index contributed by atoms with van der Waals surface area (Å²) < 4.78 is 33.9. The molecule has 0 unspecified atom stereocenters. The van der Waals surface area contributed by atoms with Crippen molar-refractivity contribution in [3.63, 3.8) is 0 Å². The van der Waals surface area contributed by atoms with E-state index >= 15 is 0 Å². The number of hydrogen-bond acceptors (Lipinski definition) is 3. The largest absolute Gasteiger partial charge is 0.480 e. The topological polar surface area (TPSA) is 22.1 Å². The molecular weight excluding hydrogens is 360 g/mol. The Labute approximate surface area is 132 Å². The molecule has 108 valence electrons. The molecule has 0 spiro atoms. The van der Waals surface area contributed by atoms with Crippen molar-refractivity contribution in [2.75, 3.05) is 0 Å². The summed E-state index contributed by atoms with van der Waals surface area (Å²) in [6, 6.07) is 10.2. The molecule has 0 saturated carbocycles. The van der Waals surface area contributed by atoms with E-state index in [1.165, 1.54) is 23.5 Å². The number of para-hydroxylation sites is 1. The molecule has 1 heterocycles. The highest BCUT2D eigenvalue weighted by atomic mass is 79.9. The maximum absolute atomic E-state index is 13.8. The van der Waals surface area contributed by atoms with Crippen LogP contribution < -0.4 is 4.74 Å². The highest BCUT2D eigenvalue weighted by molar-refractivity contribution is 9.08. The second kappa shape index (κ2) is 6.07. The van der Waals surface area contributed by atoms with E-state index in [0.717, 1.165) is 10.2 Å². The molecule has 2 aromatic carbocycles. The Bertz CT molecular complexity index is 734. The molecule has 3 rings (SSSR count). The number of ether oxygens (including phenoxy) is 1. The van der Waals surface area contributed by atoms with Crippen LogP contribution in [0.2, 0.25) is 0 Å². The first kappa shape index (κ1) is 14.4. The number of hydrogen-bond donors (Lipinski definition) is 0. The maximum Gasteiger partial charge on any atom is 0.191 e. The molecule has 3 aromatic rings. The predicted molar refractivity (Wildman–Crippen MR) is 82.9 cm³/mol. The molecule has 6 heteroatoms. The zero-order valence-electron chi connectivity index (χ0n) is 10.8. The van der Waals surface area contributed by atoms with Crippen molar-refractivity contribution in [1.29, 1.82) is 0 Å². The van der Waals surface area contributed by atoms with Crippen LogP contribution in [-0.4, -0.2) is 4.98 Å². The maximum atomic E-state index is 13.8. The number of nitrogens with zero attached hydrogens (tertiary/aromatic N) is 1. The number of halogens is 3. The fourth-order valence-electron chi connectivity index (χ4n) is 1.94. The summed E-state index contributed by atoms with van der Waals surface area (Å²) in [5, 5.41) is 1.07. The van der Waals surface area contributed by atoms with Gasteiger partial charge in [0.25, 0.3) is 0 Å². The lowest BCUT2D eigenvalue weighted by Gasteiger charge is -2.08. The van der Waals surface area contributed by atoms with Crippen molar-refractivity contribution in [2.45, 2.75) is 11.9 Å². The first-order valence-corrected chi connectivity index (χ1v) is 8.12. The Kier molecular flexibility index (Phi) is 4.17. The van der Waals surface area contributed by atoms with E-state index in [-0.39, 0.29) is 12.4 Å². The van der Waals surface area contributed by atoms with Gasteiger partial charge in [0, 0.05) is 5.33 Å². The first-order chi connectivity index (χ1) is 10.2. The predicted octanol–water partition coefficient (Wildman–Crippen LogP) is 5.05. The van der Waals surface area contributed by atoms with Gasteiger partial charge in [-0.15, -0.1) is 11.3 Å². The molecule has 0 amide bonds. The number of thiazole rings is 1. The van der Waals surface area contributed by atoms with Gasteiger partial charge in [0.15, 0.2) is 17.4 Å². The second-order valence-corrected chi connectivity index (χ2v) is 6.06. The van der Waals surface area contributed by atoms with E-state index < -0.39 is 11.6 Å².